The number of benzene rings is 2. The minimum Gasteiger partial charge on any atom is -0.378 e. The Kier molecular flexibility index (Phi) is 7.77. The number of rotatable bonds is 9. The van der Waals surface area contributed by atoms with Crippen molar-refractivity contribution < 1.29 is 22.7 Å². The van der Waals surface area contributed by atoms with Crippen LogP contribution in [-0.2, 0) is 19.6 Å². The number of methoxy groups -OCH3 is 1. The number of carbonyl (C=O) groups excluding carboxylic acids is 2. The second-order valence-corrected chi connectivity index (χ2v) is 11.9. The average molecular weight is 535 g/mol. The van der Waals surface area contributed by atoms with E-state index in [2.05, 4.69) is 10.3 Å². The zero-order valence-corrected chi connectivity index (χ0v) is 21.7. The van der Waals surface area contributed by atoms with Crippen LogP contribution in [0.2, 0.25) is 0 Å². The fourth-order valence-electron chi connectivity index (χ4n) is 3.70. The Morgan fingerprint density at radius 3 is 2.54 bits per heavy atom. The van der Waals surface area contributed by atoms with E-state index >= 15 is 0 Å². The molecule has 186 valence electrons. The molecule has 35 heavy (non-hydrogen) atoms. The third kappa shape index (κ3) is 6.01. The van der Waals surface area contributed by atoms with Gasteiger partial charge in [0.05, 0.1) is 22.1 Å². The molecular weight excluding hydrogens is 508 g/mol. The fraction of sp³-hybridized carbons (Fsp3) is 0.348. The van der Waals surface area contributed by atoms with Gasteiger partial charge in [-0.05, 0) is 41.6 Å². The molecule has 1 aromatic heterocycles. The number of hydrogen-bond donors (Lipinski definition) is 2. The monoisotopic (exact) mass is 534 g/mol. The number of thiazole rings is 1. The molecule has 0 saturated carbocycles. The number of nitrogens with zero attached hydrogens (tertiary/aromatic N) is 2. The molecular formula is C23H26N4O5S3. The summed E-state index contributed by atoms with van der Waals surface area (Å²) in [7, 11) is -1.99. The number of carbonyl (C=O) groups is 2. The number of thioether (sulfide) groups is 1. The maximum absolute atomic E-state index is 12.6. The van der Waals surface area contributed by atoms with Gasteiger partial charge in [-0.2, -0.15) is 0 Å². The van der Waals surface area contributed by atoms with Crippen LogP contribution in [0, 0.1) is 0 Å². The summed E-state index contributed by atoms with van der Waals surface area (Å²) < 4.78 is 28.4. The molecule has 2 heterocycles. The van der Waals surface area contributed by atoms with Crippen LogP contribution in [0.1, 0.15) is 20.6 Å². The first-order valence-corrected chi connectivity index (χ1v) is 14.6. The quantitative estimate of drug-likeness (QED) is 0.430. The Balaban J connectivity index is 1.47. The number of sulfonamides is 1. The van der Waals surface area contributed by atoms with E-state index in [1.54, 1.807) is 18.3 Å². The van der Waals surface area contributed by atoms with Crippen LogP contribution in [0.15, 0.2) is 42.5 Å². The largest absolute Gasteiger partial charge is 0.378 e. The van der Waals surface area contributed by atoms with Crippen LogP contribution in [0.4, 0.5) is 0 Å². The first-order valence-electron chi connectivity index (χ1n) is 10.8. The molecule has 0 bridgehead atoms. The predicted molar refractivity (Wildman–Crippen MR) is 139 cm³/mol. The van der Waals surface area contributed by atoms with Gasteiger partial charge in [-0.1, -0.05) is 18.2 Å². The highest BCUT2D eigenvalue weighted by molar-refractivity contribution is 7.99. The van der Waals surface area contributed by atoms with Crippen molar-refractivity contribution in [2.75, 3.05) is 38.8 Å². The Hall–Kier alpha value is -2.51. The van der Waals surface area contributed by atoms with Gasteiger partial charge in [0.1, 0.15) is 10.3 Å². The highest BCUT2D eigenvalue weighted by atomic mass is 32.2. The summed E-state index contributed by atoms with van der Waals surface area (Å²) in [6.45, 7) is 1.18. The molecule has 1 aliphatic rings. The van der Waals surface area contributed by atoms with E-state index in [-0.39, 0.29) is 30.2 Å². The zero-order chi connectivity index (χ0) is 25.2. The van der Waals surface area contributed by atoms with Crippen LogP contribution in [0.25, 0.3) is 21.3 Å². The minimum atomic E-state index is -3.64. The average Bonchev–Trinajstić information content (AvgIpc) is 3.21. The third-order valence-electron chi connectivity index (χ3n) is 5.72. The molecule has 12 heteroatoms. The number of nitrogens with one attached hydrogen (secondary N) is 1. The summed E-state index contributed by atoms with van der Waals surface area (Å²) in [5, 5.41) is 7.69. The number of fused-ring (bicyclic) bond motifs is 1. The Bertz CT molecular complexity index is 1330. The molecule has 1 unspecified atom stereocenters. The molecule has 0 aliphatic carbocycles. The summed E-state index contributed by atoms with van der Waals surface area (Å²) in [5.74, 6) is -0.628. The van der Waals surface area contributed by atoms with Crippen molar-refractivity contribution in [3.8, 4) is 11.1 Å². The molecule has 1 fully saturated rings. The summed E-state index contributed by atoms with van der Waals surface area (Å²) in [5.41, 5.74) is 3.37. The summed E-state index contributed by atoms with van der Waals surface area (Å²) in [4.78, 5) is 31.5. The van der Waals surface area contributed by atoms with E-state index < -0.39 is 15.3 Å². The summed E-state index contributed by atoms with van der Waals surface area (Å²) in [6.07, 6.45) is 1.92. The predicted octanol–water partition coefficient (Wildman–Crippen LogP) is 2.24. The SMILES string of the molecule is COC1CN(C(=O)c2ccc(-c3ccc4nc(C(SC)C(=O)NCCS(N)(=O)=O)sc4c3)cc2)C1. The van der Waals surface area contributed by atoms with Gasteiger partial charge in [0.2, 0.25) is 15.9 Å². The van der Waals surface area contributed by atoms with Gasteiger partial charge in [0, 0.05) is 32.3 Å². The number of ether oxygens (including phenoxy) is 1. The number of aromatic nitrogens is 1. The molecule has 9 nitrogen and oxygen atoms in total. The lowest BCUT2D eigenvalue weighted by Crippen LogP contribution is -2.54. The van der Waals surface area contributed by atoms with Crippen molar-refractivity contribution in [2.45, 2.75) is 11.4 Å². The zero-order valence-electron chi connectivity index (χ0n) is 19.3. The van der Waals surface area contributed by atoms with E-state index in [0.717, 1.165) is 21.3 Å². The number of hydrogen-bond acceptors (Lipinski definition) is 8. The highest BCUT2D eigenvalue weighted by Gasteiger charge is 2.31. The molecule has 2 amide bonds. The van der Waals surface area contributed by atoms with Crippen LogP contribution in [-0.4, -0.2) is 75.0 Å². The molecule has 1 saturated heterocycles. The number of primary sulfonamides is 1. The summed E-state index contributed by atoms with van der Waals surface area (Å²) >= 11 is 2.75. The Labute approximate surface area is 212 Å². The first-order chi connectivity index (χ1) is 16.7. The molecule has 4 rings (SSSR count). The number of nitrogens with two attached hydrogens (primary N) is 1. The van der Waals surface area contributed by atoms with Crippen LogP contribution in [0.3, 0.4) is 0 Å². The van der Waals surface area contributed by atoms with Crippen molar-refractivity contribution in [2.24, 2.45) is 5.14 Å². The van der Waals surface area contributed by atoms with E-state index in [1.807, 2.05) is 42.5 Å². The molecule has 3 N–H and O–H groups in total. The van der Waals surface area contributed by atoms with Gasteiger partial charge >= 0.3 is 0 Å². The van der Waals surface area contributed by atoms with Gasteiger partial charge in [0.25, 0.3) is 5.91 Å². The van der Waals surface area contributed by atoms with E-state index in [9.17, 15) is 18.0 Å². The maximum Gasteiger partial charge on any atom is 0.254 e. The fourth-order valence-corrected chi connectivity index (χ4v) is 6.06. The second kappa shape index (κ2) is 10.6. The van der Waals surface area contributed by atoms with Crippen LogP contribution >= 0.6 is 23.1 Å². The Morgan fingerprint density at radius 1 is 1.23 bits per heavy atom. The van der Waals surface area contributed by atoms with Crippen molar-refractivity contribution in [1.82, 2.24) is 15.2 Å². The smallest absolute Gasteiger partial charge is 0.254 e. The molecule has 1 aliphatic heterocycles. The lowest BCUT2D eigenvalue weighted by Gasteiger charge is -2.38. The van der Waals surface area contributed by atoms with Crippen molar-refractivity contribution >= 4 is 55.2 Å². The molecule has 1 atom stereocenters. The minimum absolute atomic E-state index is 0.00199. The normalized spacial score (nSPS) is 15.1. The number of likely N-dealkylation sites (tertiary alicyclic amines) is 1. The van der Waals surface area contributed by atoms with Crippen molar-refractivity contribution in [1.29, 1.82) is 0 Å². The molecule has 2 aromatic carbocycles. The third-order valence-corrected chi connectivity index (χ3v) is 8.64. The van der Waals surface area contributed by atoms with Crippen LogP contribution in [0.5, 0.6) is 0 Å². The first kappa shape index (κ1) is 25.6. The molecule has 0 spiro atoms. The molecule has 0 radical (unpaired) electrons. The maximum atomic E-state index is 12.6. The van der Waals surface area contributed by atoms with Gasteiger partial charge < -0.3 is 15.0 Å². The van der Waals surface area contributed by atoms with Crippen molar-refractivity contribution in [3.05, 3.63) is 53.0 Å². The van der Waals surface area contributed by atoms with Gasteiger partial charge in [0.15, 0.2) is 0 Å². The van der Waals surface area contributed by atoms with E-state index in [0.29, 0.717) is 23.7 Å². The van der Waals surface area contributed by atoms with Crippen LogP contribution < -0.4 is 10.5 Å². The van der Waals surface area contributed by atoms with Gasteiger partial charge in [-0.15, -0.1) is 23.1 Å². The topological polar surface area (TPSA) is 132 Å². The second-order valence-electron chi connectivity index (χ2n) is 8.15. The lowest BCUT2D eigenvalue weighted by atomic mass is 10.0. The molecule has 3 aromatic rings. The summed E-state index contributed by atoms with van der Waals surface area (Å²) in [6, 6.07) is 13.4. The van der Waals surface area contributed by atoms with E-state index in [1.165, 1.54) is 23.1 Å². The van der Waals surface area contributed by atoms with E-state index in [4.69, 9.17) is 9.88 Å². The highest BCUT2D eigenvalue weighted by Crippen LogP contribution is 2.35. The number of amides is 2. The lowest BCUT2D eigenvalue weighted by molar-refractivity contribution is -0.120. The standard InChI is InChI=1S/C23H26N4O5S3/c1-32-17-12-27(13-17)23(29)15-5-3-14(4-6-15)16-7-8-18-19(11-16)34-22(26-18)20(33-2)21(28)25-9-10-35(24,30)31/h3-8,11,17,20H,9-10,12-13H2,1-2H3,(H,25,28)(H2,24,30,31). The van der Waals surface area contributed by atoms with Gasteiger partial charge in [-0.3, -0.25) is 9.59 Å². The Morgan fingerprint density at radius 2 is 1.91 bits per heavy atom. The van der Waals surface area contributed by atoms with Gasteiger partial charge in [-0.25, -0.2) is 18.5 Å². The van der Waals surface area contributed by atoms with Crippen molar-refractivity contribution in [3.63, 3.8) is 0 Å².